The van der Waals surface area contributed by atoms with Crippen LogP contribution >= 0.6 is 11.6 Å². The molecule has 2 aromatic heterocycles. The minimum Gasteiger partial charge on any atom is -0.372 e. The Morgan fingerprint density at radius 1 is 0.912 bits per heavy atom. The van der Waals surface area contributed by atoms with E-state index >= 15 is 0 Å². The first-order valence-corrected chi connectivity index (χ1v) is 12.8. The highest BCUT2D eigenvalue weighted by atomic mass is 35.5. The van der Waals surface area contributed by atoms with Crippen LogP contribution in [0.3, 0.4) is 0 Å². The Bertz CT molecular complexity index is 1320. The van der Waals surface area contributed by atoms with Crippen LogP contribution in [-0.2, 0) is 6.54 Å². The molecule has 0 aliphatic carbocycles. The van der Waals surface area contributed by atoms with Crippen molar-refractivity contribution >= 4 is 23.1 Å². The number of aryl methyl sites for hydroxylation is 1. The number of piperidine rings is 1. The van der Waals surface area contributed by atoms with Gasteiger partial charge in [-0.05, 0) is 55.5 Å². The minimum atomic E-state index is -0.0737. The third kappa shape index (κ3) is 4.62. The lowest BCUT2D eigenvalue weighted by atomic mass is 10.1. The van der Waals surface area contributed by atoms with Crippen molar-refractivity contribution in [2.75, 3.05) is 18.0 Å². The van der Waals surface area contributed by atoms with Gasteiger partial charge in [-0.15, -0.1) is 0 Å². The fraction of sp³-hybridized carbons (Fsp3) is 0.357. The zero-order chi connectivity index (χ0) is 23.5. The van der Waals surface area contributed by atoms with Crippen molar-refractivity contribution in [1.82, 2.24) is 14.0 Å². The van der Waals surface area contributed by atoms with Crippen molar-refractivity contribution in [1.29, 1.82) is 0 Å². The van der Waals surface area contributed by atoms with Crippen LogP contribution in [-0.4, -0.2) is 27.0 Å². The molecule has 0 atom stereocenters. The summed E-state index contributed by atoms with van der Waals surface area (Å²) in [4.78, 5) is 20.5. The van der Waals surface area contributed by atoms with E-state index in [-0.39, 0.29) is 5.56 Å². The van der Waals surface area contributed by atoms with Crippen LogP contribution in [0.4, 0.5) is 5.69 Å². The average molecular weight is 475 g/mol. The smallest absolute Gasteiger partial charge is 0.259 e. The topological polar surface area (TPSA) is 42.5 Å². The molecule has 0 spiro atoms. The molecule has 176 valence electrons. The van der Waals surface area contributed by atoms with Gasteiger partial charge in [0, 0.05) is 48.2 Å². The van der Waals surface area contributed by atoms with Gasteiger partial charge in [0.25, 0.3) is 5.56 Å². The predicted octanol–water partition coefficient (Wildman–Crippen LogP) is 6.66. The maximum absolute atomic E-state index is 13.1. The van der Waals surface area contributed by atoms with Crippen LogP contribution in [0.1, 0.15) is 45.4 Å². The summed E-state index contributed by atoms with van der Waals surface area (Å²) < 4.78 is 3.88. The van der Waals surface area contributed by atoms with Gasteiger partial charge in [0.2, 0.25) is 5.78 Å². The number of fused-ring (bicyclic) bond motifs is 1. The summed E-state index contributed by atoms with van der Waals surface area (Å²) >= 11 is 6.06. The van der Waals surface area contributed by atoms with Gasteiger partial charge in [0.05, 0.1) is 11.4 Å². The molecule has 5 rings (SSSR count). The van der Waals surface area contributed by atoms with E-state index < -0.39 is 0 Å². The molecular weight excluding hydrogens is 444 g/mol. The third-order valence-corrected chi connectivity index (χ3v) is 6.98. The molecule has 3 heterocycles. The summed E-state index contributed by atoms with van der Waals surface area (Å²) in [7, 11) is 0. The second-order valence-corrected chi connectivity index (χ2v) is 9.56. The van der Waals surface area contributed by atoms with Gasteiger partial charge >= 0.3 is 0 Å². The van der Waals surface area contributed by atoms with Crippen LogP contribution < -0.4 is 10.5 Å². The summed E-state index contributed by atoms with van der Waals surface area (Å²) in [5.74, 6) is 0.684. The third-order valence-electron chi connectivity index (χ3n) is 6.73. The molecule has 1 aliphatic heterocycles. The van der Waals surface area contributed by atoms with Gasteiger partial charge in [-0.3, -0.25) is 9.20 Å². The van der Waals surface area contributed by atoms with E-state index in [1.54, 1.807) is 10.5 Å². The van der Waals surface area contributed by atoms with Crippen LogP contribution in [0.25, 0.3) is 28.3 Å². The Morgan fingerprint density at radius 3 is 2.32 bits per heavy atom. The average Bonchev–Trinajstić information content (AvgIpc) is 3.24. The SMILES string of the molecule is CCCCCn1c(-c2ccc(N3CCCCC3)cc2)cn2c(=O)cc(-c3ccc(Cl)cc3)nc12. The predicted molar refractivity (Wildman–Crippen MR) is 141 cm³/mol. The molecular formula is C28H31ClN4O. The van der Waals surface area contributed by atoms with Gasteiger partial charge in [-0.2, -0.15) is 0 Å². The molecule has 0 bridgehead atoms. The van der Waals surface area contributed by atoms with Gasteiger partial charge in [-0.25, -0.2) is 4.98 Å². The highest BCUT2D eigenvalue weighted by Crippen LogP contribution is 2.28. The fourth-order valence-corrected chi connectivity index (χ4v) is 4.95. The van der Waals surface area contributed by atoms with Crippen LogP contribution in [0, 0.1) is 0 Å². The van der Waals surface area contributed by atoms with Crippen LogP contribution in [0.2, 0.25) is 5.02 Å². The number of aromatic nitrogens is 3. The lowest BCUT2D eigenvalue weighted by Gasteiger charge is -2.28. The number of anilines is 1. The summed E-state index contributed by atoms with van der Waals surface area (Å²) in [6, 6.07) is 17.9. The Hall–Kier alpha value is -3.05. The Balaban J connectivity index is 1.57. The Kier molecular flexibility index (Phi) is 6.73. The highest BCUT2D eigenvalue weighted by molar-refractivity contribution is 6.30. The van der Waals surface area contributed by atoms with Gasteiger partial charge in [0.1, 0.15) is 0 Å². The molecule has 0 N–H and O–H groups in total. The summed E-state index contributed by atoms with van der Waals surface area (Å²) in [6.07, 6.45) is 9.11. The highest BCUT2D eigenvalue weighted by Gasteiger charge is 2.16. The molecule has 1 saturated heterocycles. The van der Waals surface area contributed by atoms with E-state index in [0.717, 1.165) is 55.7 Å². The maximum atomic E-state index is 13.1. The van der Waals surface area contributed by atoms with E-state index in [2.05, 4.69) is 40.7 Å². The largest absolute Gasteiger partial charge is 0.372 e. The summed E-state index contributed by atoms with van der Waals surface area (Å²) in [6.45, 7) is 5.28. The molecule has 0 saturated carbocycles. The molecule has 0 amide bonds. The molecule has 6 heteroatoms. The molecule has 0 unspecified atom stereocenters. The zero-order valence-electron chi connectivity index (χ0n) is 19.7. The van der Waals surface area contributed by atoms with Crippen molar-refractivity contribution in [3.8, 4) is 22.5 Å². The van der Waals surface area contributed by atoms with Gasteiger partial charge in [0.15, 0.2) is 0 Å². The molecule has 2 aromatic carbocycles. The van der Waals surface area contributed by atoms with Crippen molar-refractivity contribution in [2.45, 2.75) is 52.0 Å². The molecule has 0 radical (unpaired) electrons. The molecule has 1 fully saturated rings. The quantitative estimate of drug-likeness (QED) is 0.281. The second-order valence-electron chi connectivity index (χ2n) is 9.12. The Morgan fingerprint density at radius 2 is 1.62 bits per heavy atom. The number of hydrogen-bond acceptors (Lipinski definition) is 3. The van der Waals surface area contributed by atoms with E-state index in [1.807, 2.05) is 30.5 Å². The van der Waals surface area contributed by atoms with E-state index in [0.29, 0.717) is 16.5 Å². The summed E-state index contributed by atoms with van der Waals surface area (Å²) in [5, 5.41) is 0.666. The first kappa shape index (κ1) is 22.7. The van der Waals surface area contributed by atoms with Crippen molar-refractivity contribution in [3.05, 3.63) is 76.2 Å². The maximum Gasteiger partial charge on any atom is 0.259 e. The number of imidazole rings is 1. The lowest BCUT2D eigenvalue weighted by molar-refractivity contribution is 0.578. The normalized spacial score (nSPS) is 14.1. The Labute approximate surface area is 205 Å². The van der Waals surface area contributed by atoms with E-state index in [1.165, 1.54) is 24.9 Å². The minimum absolute atomic E-state index is 0.0737. The first-order valence-electron chi connectivity index (χ1n) is 12.4. The van der Waals surface area contributed by atoms with Crippen LogP contribution in [0.15, 0.2) is 65.6 Å². The first-order chi connectivity index (χ1) is 16.6. The van der Waals surface area contributed by atoms with E-state index in [9.17, 15) is 4.79 Å². The molecule has 5 nitrogen and oxygen atoms in total. The van der Waals surface area contributed by atoms with Crippen molar-refractivity contribution in [3.63, 3.8) is 0 Å². The lowest BCUT2D eigenvalue weighted by Crippen LogP contribution is -2.29. The summed E-state index contributed by atoms with van der Waals surface area (Å²) in [5.41, 5.74) is 4.89. The van der Waals surface area contributed by atoms with E-state index in [4.69, 9.17) is 16.6 Å². The molecule has 34 heavy (non-hydrogen) atoms. The molecule has 1 aliphatic rings. The second kappa shape index (κ2) is 10.1. The molecule has 4 aromatic rings. The van der Waals surface area contributed by atoms with Crippen molar-refractivity contribution in [2.24, 2.45) is 0 Å². The number of nitrogens with zero attached hydrogens (tertiary/aromatic N) is 4. The number of unbranched alkanes of at least 4 members (excludes halogenated alkanes) is 2. The zero-order valence-corrected chi connectivity index (χ0v) is 20.5. The van der Waals surface area contributed by atoms with Gasteiger partial charge in [-0.1, -0.05) is 55.6 Å². The number of rotatable bonds is 7. The number of hydrogen-bond donors (Lipinski definition) is 0. The number of halogens is 1. The van der Waals surface area contributed by atoms with Gasteiger partial charge < -0.3 is 9.47 Å². The standard InChI is InChI=1S/C28H31ClN4O/c1-2-3-5-18-32-26(22-10-14-24(15-11-22)31-16-6-4-7-17-31)20-33-27(34)19-25(30-28(32)33)21-8-12-23(29)13-9-21/h8-15,19-20H,2-7,16-18H2,1H3. The number of benzene rings is 2. The fourth-order valence-electron chi connectivity index (χ4n) is 4.82. The van der Waals surface area contributed by atoms with Crippen molar-refractivity contribution < 1.29 is 0 Å². The monoisotopic (exact) mass is 474 g/mol. The van der Waals surface area contributed by atoms with Crippen LogP contribution in [0.5, 0.6) is 0 Å².